The van der Waals surface area contributed by atoms with Crippen LogP contribution in [0.25, 0.3) is 0 Å². The Hall–Kier alpha value is -1.66. The lowest BCUT2D eigenvalue weighted by atomic mass is 9.92. The molecule has 0 saturated carbocycles. The van der Waals surface area contributed by atoms with E-state index in [-0.39, 0.29) is 5.41 Å². The van der Waals surface area contributed by atoms with Gasteiger partial charge in [-0.1, -0.05) is 64.4 Å². The molecule has 25 heavy (non-hydrogen) atoms. The first-order valence-electron chi connectivity index (χ1n) is 8.74. The molecule has 2 rings (SSSR count). The highest BCUT2D eigenvalue weighted by molar-refractivity contribution is 7.89. The Morgan fingerprint density at radius 2 is 1.80 bits per heavy atom. The van der Waals surface area contributed by atoms with Gasteiger partial charge in [-0.3, -0.25) is 4.68 Å². The zero-order valence-corrected chi connectivity index (χ0v) is 16.7. The van der Waals surface area contributed by atoms with Gasteiger partial charge < -0.3 is 0 Å². The van der Waals surface area contributed by atoms with Crippen LogP contribution in [0.3, 0.4) is 0 Å². The Kier molecular flexibility index (Phi) is 6.06. The number of nitrogens with zero attached hydrogens (tertiary/aromatic N) is 3. The van der Waals surface area contributed by atoms with Crippen molar-refractivity contribution in [1.82, 2.24) is 14.1 Å². The summed E-state index contributed by atoms with van der Waals surface area (Å²) in [5, 5.41) is 4.43. The topological polar surface area (TPSA) is 55.2 Å². The first kappa shape index (κ1) is 19.7. The van der Waals surface area contributed by atoms with Gasteiger partial charge in [-0.25, -0.2) is 8.42 Å². The molecule has 0 spiro atoms. The van der Waals surface area contributed by atoms with Crippen LogP contribution in [-0.4, -0.2) is 29.0 Å². The lowest BCUT2D eigenvalue weighted by Crippen LogP contribution is -2.33. The van der Waals surface area contributed by atoms with Gasteiger partial charge in [0.2, 0.25) is 10.0 Å². The fraction of sp³-hybridized carbons (Fsp3) is 0.526. The highest BCUT2D eigenvalue weighted by atomic mass is 32.2. The molecule has 1 aromatic carbocycles. The number of aryl methyl sites for hydroxylation is 1. The molecule has 138 valence electrons. The van der Waals surface area contributed by atoms with Crippen LogP contribution in [0.1, 0.15) is 51.8 Å². The molecule has 0 N–H and O–H groups in total. The van der Waals surface area contributed by atoms with Gasteiger partial charge in [0, 0.05) is 31.7 Å². The summed E-state index contributed by atoms with van der Waals surface area (Å²) in [4.78, 5) is 0.314. The Labute approximate surface area is 151 Å². The van der Waals surface area contributed by atoms with Crippen molar-refractivity contribution in [3.05, 3.63) is 47.8 Å². The molecule has 0 unspecified atom stereocenters. The number of hydrogen-bond donors (Lipinski definition) is 0. The second kappa shape index (κ2) is 7.70. The average molecular weight is 364 g/mol. The number of unbranched alkanes of at least 4 members (excludes halogenated alkanes) is 1. The summed E-state index contributed by atoms with van der Waals surface area (Å²) in [6.45, 7) is 8.91. The van der Waals surface area contributed by atoms with E-state index in [0.29, 0.717) is 23.7 Å². The summed E-state index contributed by atoms with van der Waals surface area (Å²) >= 11 is 0. The third kappa shape index (κ3) is 4.70. The summed E-state index contributed by atoms with van der Waals surface area (Å²) < 4.78 is 30.0. The molecular weight excluding hydrogens is 334 g/mol. The third-order valence-corrected chi connectivity index (χ3v) is 5.93. The maximum absolute atomic E-state index is 13.4. The average Bonchev–Trinajstić information content (AvgIpc) is 2.95. The molecule has 0 fully saturated rings. The van der Waals surface area contributed by atoms with Crippen molar-refractivity contribution >= 4 is 10.0 Å². The molecular formula is C19H29N3O2S. The molecule has 0 amide bonds. The summed E-state index contributed by atoms with van der Waals surface area (Å²) in [5.41, 5.74) is 1.26. The Morgan fingerprint density at radius 1 is 1.16 bits per heavy atom. The van der Waals surface area contributed by atoms with Gasteiger partial charge in [-0.2, -0.15) is 9.40 Å². The van der Waals surface area contributed by atoms with Gasteiger partial charge in [-0.05, 0) is 12.0 Å². The van der Waals surface area contributed by atoms with Crippen LogP contribution in [0.5, 0.6) is 0 Å². The smallest absolute Gasteiger partial charge is 0.246 e. The molecule has 0 bridgehead atoms. The molecule has 0 aliphatic carbocycles. The fourth-order valence-corrected chi connectivity index (χ4v) is 4.56. The minimum Gasteiger partial charge on any atom is -0.274 e. The quantitative estimate of drug-likeness (QED) is 0.753. The van der Waals surface area contributed by atoms with E-state index in [4.69, 9.17) is 0 Å². The molecule has 0 aliphatic rings. The van der Waals surface area contributed by atoms with Gasteiger partial charge in [0.15, 0.2) is 0 Å². The standard InChI is InChI=1S/C19H29N3O2S/c1-6-7-13-22(14-16-11-9-8-10-12-16)25(23,24)17-15-21(5)20-18(17)19(2,3)4/h8-12,15H,6-7,13-14H2,1-5H3. The number of benzene rings is 1. The van der Waals surface area contributed by atoms with Gasteiger partial charge >= 0.3 is 0 Å². The van der Waals surface area contributed by atoms with E-state index in [1.165, 1.54) is 0 Å². The second-order valence-electron chi connectivity index (χ2n) is 7.44. The summed E-state index contributed by atoms with van der Waals surface area (Å²) in [6.07, 6.45) is 3.40. The van der Waals surface area contributed by atoms with Gasteiger partial charge in [0.05, 0.1) is 5.69 Å². The van der Waals surface area contributed by atoms with Crippen molar-refractivity contribution < 1.29 is 8.42 Å². The minimum absolute atomic E-state index is 0.314. The molecule has 0 radical (unpaired) electrons. The van der Waals surface area contributed by atoms with Gasteiger partial charge in [0.1, 0.15) is 4.90 Å². The van der Waals surface area contributed by atoms with Crippen LogP contribution in [0.4, 0.5) is 0 Å². The number of sulfonamides is 1. The SMILES string of the molecule is CCCCN(Cc1ccccc1)S(=O)(=O)c1cn(C)nc1C(C)(C)C. The molecule has 0 aliphatic heterocycles. The van der Waals surface area contributed by atoms with Gasteiger partial charge in [-0.15, -0.1) is 0 Å². The normalized spacial score (nSPS) is 12.7. The molecule has 1 aromatic heterocycles. The molecule has 0 saturated heterocycles. The van der Waals surface area contributed by atoms with Crippen LogP contribution < -0.4 is 0 Å². The van der Waals surface area contributed by atoms with E-state index < -0.39 is 10.0 Å². The molecule has 1 heterocycles. The number of hydrogen-bond acceptors (Lipinski definition) is 3. The zero-order chi connectivity index (χ0) is 18.7. The van der Waals surface area contributed by atoms with Crippen LogP contribution in [0.15, 0.2) is 41.4 Å². The van der Waals surface area contributed by atoms with Crippen LogP contribution in [-0.2, 0) is 29.0 Å². The van der Waals surface area contributed by atoms with Crippen LogP contribution in [0.2, 0.25) is 0 Å². The molecule has 2 aromatic rings. The highest BCUT2D eigenvalue weighted by Gasteiger charge is 2.33. The van der Waals surface area contributed by atoms with Crippen molar-refractivity contribution in [2.45, 2.75) is 57.4 Å². The number of rotatable bonds is 7. The third-order valence-electron chi connectivity index (χ3n) is 4.09. The second-order valence-corrected chi connectivity index (χ2v) is 9.35. The predicted molar refractivity (Wildman–Crippen MR) is 101 cm³/mol. The van der Waals surface area contributed by atoms with Crippen LogP contribution in [0, 0.1) is 0 Å². The van der Waals surface area contributed by atoms with Crippen molar-refractivity contribution in [3.8, 4) is 0 Å². The lowest BCUT2D eigenvalue weighted by molar-refractivity contribution is 0.396. The first-order chi connectivity index (χ1) is 11.7. The van der Waals surface area contributed by atoms with Crippen molar-refractivity contribution in [2.75, 3.05) is 6.54 Å². The summed E-state index contributed by atoms with van der Waals surface area (Å²) in [6, 6.07) is 9.73. The van der Waals surface area contributed by atoms with Crippen molar-refractivity contribution in [2.24, 2.45) is 7.05 Å². The molecule has 6 heteroatoms. The highest BCUT2D eigenvalue weighted by Crippen LogP contribution is 2.30. The predicted octanol–water partition coefficient (Wildman–Crippen LogP) is 3.71. The van der Waals surface area contributed by atoms with E-state index in [0.717, 1.165) is 18.4 Å². The minimum atomic E-state index is -3.61. The van der Waals surface area contributed by atoms with E-state index in [9.17, 15) is 8.42 Å². The summed E-state index contributed by atoms with van der Waals surface area (Å²) in [7, 11) is -1.85. The van der Waals surface area contributed by atoms with Crippen molar-refractivity contribution in [3.63, 3.8) is 0 Å². The Balaban J connectivity index is 2.45. The first-order valence-corrected chi connectivity index (χ1v) is 10.2. The van der Waals surface area contributed by atoms with E-state index in [1.807, 2.05) is 51.1 Å². The molecule has 0 atom stereocenters. The largest absolute Gasteiger partial charge is 0.274 e. The monoisotopic (exact) mass is 363 g/mol. The van der Waals surface area contributed by atoms with E-state index in [1.54, 1.807) is 22.2 Å². The lowest BCUT2D eigenvalue weighted by Gasteiger charge is -2.24. The maximum atomic E-state index is 13.4. The fourth-order valence-electron chi connectivity index (χ4n) is 2.72. The zero-order valence-electron chi connectivity index (χ0n) is 15.9. The van der Waals surface area contributed by atoms with Gasteiger partial charge in [0.25, 0.3) is 0 Å². The number of aromatic nitrogens is 2. The summed E-state index contributed by atoms with van der Waals surface area (Å²) in [5.74, 6) is 0. The Bertz CT molecular complexity index is 790. The van der Waals surface area contributed by atoms with Crippen molar-refractivity contribution in [1.29, 1.82) is 0 Å². The van der Waals surface area contributed by atoms with E-state index in [2.05, 4.69) is 12.0 Å². The Morgan fingerprint density at radius 3 is 2.36 bits per heavy atom. The van der Waals surface area contributed by atoms with E-state index >= 15 is 0 Å². The van der Waals surface area contributed by atoms with Crippen LogP contribution >= 0.6 is 0 Å². The maximum Gasteiger partial charge on any atom is 0.246 e. The molecule has 5 nitrogen and oxygen atoms in total.